The molecule has 2 amide bonds. The van der Waals surface area contributed by atoms with Crippen LogP contribution in [0.3, 0.4) is 0 Å². The molecule has 2 unspecified atom stereocenters. The summed E-state index contributed by atoms with van der Waals surface area (Å²) in [6.45, 7) is 10.6. The normalized spacial score (nSPS) is 12.5. The van der Waals surface area contributed by atoms with E-state index in [-0.39, 0.29) is 23.9 Å². The summed E-state index contributed by atoms with van der Waals surface area (Å²) in [4.78, 5) is 51.9. The molecular weight excluding hydrogens is 721 g/mol. The van der Waals surface area contributed by atoms with Crippen LogP contribution in [0.15, 0.2) is 109 Å². The number of carbonyl (C=O) groups excluding carboxylic acids is 2. The fourth-order valence-corrected chi connectivity index (χ4v) is 7.82. The van der Waals surface area contributed by atoms with E-state index < -0.39 is 0 Å². The summed E-state index contributed by atoms with van der Waals surface area (Å²) in [5.74, 6) is 1.64. The quantitative estimate of drug-likeness (QED) is 0.0960. The summed E-state index contributed by atoms with van der Waals surface area (Å²) >= 11 is 0. The molecule has 10 heteroatoms. The second-order valence-electron chi connectivity index (χ2n) is 15.6. The first-order chi connectivity index (χ1) is 28.0. The van der Waals surface area contributed by atoms with Gasteiger partial charge in [0.05, 0.1) is 36.9 Å². The first-order valence-electron chi connectivity index (χ1n) is 20.3. The third-order valence-corrected chi connectivity index (χ3v) is 10.6. The molecule has 0 saturated carbocycles. The Labute approximate surface area is 344 Å². The van der Waals surface area contributed by atoms with Gasteiger partial charge in [-0.25, -0.2) is 9.97 Å². The average Bonchev–Trinajstić information content (AvgIpc) is 3.88. The van der Waals surface area contributed by atoms with Gasteiger partial charge in [0.15, 0.2) is 0 Å². The summed E-state index contributed by atoms with van der Waals surface area (Å²) in [5.41, 5.74) is 10.5. The molecule has 2 atom stereocenters. The van der Waals surface area contributed by atoms with E-state index >= 15 is 0 Å². The first-order valence-corrected chi connectivity index (χ1v) is 20.3. The van der Waals surface area contributed by atoms with E-state index in [9.17, 15) is 9.59 Å². The Morgan fingerprint density at radius 1 is 0.569 bits per heavy atom. The lowest BCUT2D eigenvalue weighted by atomic mass is 9.93. The second-order valence-corrected chi connectivity index (χ2v) is 15.6. The molecule has 0 aliphatic carbocycles. The van der Waals surface area contributed by atoms with Gasteiger partial charge in [0.25, 0.3) is 0 Å². The number of benzene rings is 4. The highest BCUT2D eigenvalue weighted by Gasteiger charge is 2.29. The van der Waals surface area contributed by atoms with Gasteiger partial charge in [0.2, 0.25) is 11.8 Å². The number of amides is 2. The third-order valence-electron chi connectivity index (χ3n) is 10.6. The van der Waals surface area contributed by atoms with Crippen LogP contribution < -0.4 is 0 Å². The van der Waals surface area contributed by atoms with Gasteiger partial charge in [0, 0.05) is 13.1 Å². The average molecular weight is 779 g/mol. The van der Waals surface area contributed by atoms with Gasteiger partial charge in [-0.1, -0.05) is 98.8 Å². The number of aromatic amines is 2. The number of hydrogen-bond acceptors (Lipinski definition) is 6. The monoisotopic (exact) mass is 778 g/mol. The Kier molecular flexibility index (Phi) is 13.7. The van der Waals surface area contributed by atoms with E-state index in [0.717, 1.165) is 80.4 Å². The van der Waals surface area contributed by atoms with Crippen LogP contribution in [0.1, 0.15) is 72.7 Å². The highest BCUT2D eigenvalue weighted by molar-refractivity contribution is 5.84. The standard InChI is InChI=1S/C48H58N8O2/c1-9-25-55(47(57)45(53(5)6)35-17-13-11-14-18-35)31-43-49-29-41(51-43)37-21-23-39(33(3)27-37)40-24-22-38(28-34(40)4)42-30-50-44(52-42)32-56(26-10-2)48(58)46(54(7)8)36-19-15-12-16-20-36/h11-24,27-30,45-46H,9-10,25-26,31-32H2,1-8H3,(H,49,51)(H,50,52). The van der Waals surface area contributed by atoms with Gasteiger partial charge in [0.1, 0.15) is 23.7 Å². The van der Waals surface area contributed by atoms with Crippen LogP contribution in [-0.2, 0) is 22.7 Å². The zero-order valence-corrected chi connectivity index (χ0v) is 35.3. The van der Waals surface area contributed by atoms with Crippen LogP contribution in [0.25, 0.3) is 33.6 Å². The molecule has 2 N–H and O–H groups in total. The summed E-state index contributed by atoms with van der Waals surface area (Å²) in [6, 6.07) is 32.1. The number of imidazole rings is 2. The molecule has 2 heterocycles. The Morgan fingerprint density at radius 3 is 1.28 bits per heavy atom. The van der Waals surface area contributed by atoms with Crippen molar-refractivity contribution in [3.63, 3.8) is 0 Å². The highest BCUT2D eigenvalue weighted by Crippen LogP contribution is 2.33. The smallest absolute Gasteiger partial charge is 0.244 e. The van der Waals surface area contributed by atoms with Gasteiger partial charge in [-0.05, 0) is 112 Å². The van der Waals surface area contributed by atoms with E-state index in [2.05, 4.69) is 74.1 Å². The molecule has 6 rings (SSSR count). The van der Waals surface area contributed by atoms with Crippen LogP contribution in [0.4, 0.5) is 0 Å². The number of nitrogens with zero attached hydrogens (tertiary/aromatic N) is 6. The molecule has 0 radical (unpaired) electrons. The number of nitrogens with one attached hydrogen (secondary N) is 2. The zero-order chi connectivity index (χ0) is 41.3. The maximum Gasteiger partial charge on any atom is 0.244 e. The fourth-order valence-electron chi connectivity index (χ4n) is 7.82. The molecule has 0 fully saturated rings. The maximum atomic E-state index is 13.9. The summed E-state index contributed by atoms with van der Waals surface area (Å²) < 4.78 is 0. The van der Waals surface area contributed by atoms with Crippen molar-refractivity contribution in [1.82, 2.24) is 39.5 Å². The SMILES string of the molecule is CCCN(Cc1ncc(-c2ccc(-c3ccc(-c4cnc(CN(CCC)C(=O)C(c5ccccc5)N(C)C)[nH]4)cc3C)c(C)c2)[nH]1)C(=O)C(c1ccccc1)N(C)C. The van der Waals surface area contributed by atoms with E-state index in [0.29, 0.717) is 26.2 Å². The van der Waals surface area contributed by atoms with Crippen molar-refractivity contribution < 1.29 is 9.59 Å². The van der Waals surface area contributed by atoms with Gasteiger partial charge in [-0.3, -0.25) is 19.4 Å². The van der Waals surface area contributed by atoms with Crippen LogP contribution in [0, 0.1) is 13.8 Å². The molecule has 0 saturated heterocycles. The Morgan fingerprint density at radius 2 is 0.948 bits per heavy atom. The van der Waals surface area contributed by atoms with Gasteiger partial charge in [-0.15, -0.1) is 0 Å². The summed E-state index contributed by atoms with van der Waals surface area (Å²) in [7, 11) is 7.79. The number of rotatable bonds is 17. The van der Waals surface area contributed by atoms with Crippen molar-refractivity contribution in [2.24, 2.45) is 0 Å². The van der Waals surface area contributed by atoms with Crippen LogP contribution in [0.2, 0.25) is 0 Å². The minimum absolute atomic E-state index is 0.0634. The third kappa shape index (κ3) is 9.64. The largest absolute Gasteiger partial charge is 0.341 e. The van der Waals surface area contributed by atoms with E-state index in [1.165, 1.54) is 0 Å². The highest BCUT2D eigenvalue weighted by atomic mass is 16.2. The topological polar surface area (TPSA) is 104 Å². The lowest BCUT2D eigenvalue weighted by Gasteiger charge is -2.30. The van der Waals surface area contributed by atoms with Crippen LogP contribution in [-0.4, -0.2) is 92.6 Å². The maximum absolute atomic E-state index is 13.9. The molecule has 302 valence electrons. The van der Waals surface area contributed by atoms with E-state index in [1.54, 1.807) is 0 Å². The van der Waals surface area contributed by atoms with Crippen molar-refractivity contribution in [2.75, 3.05) is 41.3 Å². The molecule has 0 aliphatic heterocycles. The number of hydrogen-bond donors (Lipinski definition) is 2. The lowest BCUT2D eigenvalue weighted by Crippen LogP contribution is -2.40. The minimum atomic E-state index is -0.368. The lowest BCUT2D eigenvalue weighted by molar-refractivity contribution is -0.138. The van der Waals surface area contributed by atoms with Gasteiger partial charge >= 0.3 is 0 Å². The van der Waals surface area contributed by atoms with Crippen LogP contribution in [0.5, 0.6) is 0 Å². The number of H-pyrrole nitrogens is 2. The van der Waals surface area contributed by atoms with Crippen molar-refractivity contribution in [3.8, 4) is 33.6 Å². The predicted molar refractivity (Wildman–Crippen MR) is 234 cm³/mol. The molecule has 10 nitrogen and oxygen atoms in total. The fraction of sp³-hybridized carbons (Fsp3) is 0.333. The molecule has 2 aromatic heterocycles. The number of carbonyl (C=O) groups is 2. The zero-order valence-electron chi connectivity index (χ0n) is 35.3. The number of aryl methyl sites for hydroxylation is 2. The number of likely N-dealkylation sites (N-methyl/N-ethyl adjacent to an activating group) is 2. The van der Waals surface area contributed by atoms with E-state index in [1.807, 2.05) is 121 Å². The number of aromatic nitrogens is 4. The molecule has 0 spiro atoms. The molecule has 6 aromatic rings. The van der Waals surface area contributed by atoms with Crippen LogP contribution >= 0.6 is 0 Å². The molecule has 0 aliphatic rings. The second kappa shape index (κ2) is 19.1. The molecule has 4 aromatic carbocycles. The van der Waals surface area contributed by atoms with Gasteiger partial charge < -0.3 is 19.8 Å². The Bertz CT molecular complexity index is 2120. The molecule has 58 heavy (non-hydrogen) atoms. The van der Waals surface area contributed by atoms with Crippen molar-refractivity contribution in [2.45, 2.75) is 65.7 Å². The molecule has 0 bridgehead atoms. The first kappa shape index (κ1) is 41.8. The van der Waals surface area contributed by atoms with Crippen molar-refractivity contribution in [3.05, 3.63) is 143 Å². The van der Waals surface area contributed by atoms with Crippen molar-refractivity contribution >= 4 is 11.8 Å². The molecular formula is C48H58N8O2. The Hall–Kier alpha value is -5.84. The van der Waals surface area contributed by atoms with Crippen molar-refractivity contribution in [1.29, 1.82) is 0 Å². The minimum Gasteiger partial charge on any atom is -0.341 e. The Balaban J connectivity index is 1.15. The predicted octanol–water partition coefficient (Wildman–Crippen LogP) is 8.83. The summed E-state index contributed by atoms with van der Waals surface area (Å²) in [5, 5.41) is 0. The van der Waals surface area contributed by atoms with Gasteiger partial charge in [-0.2, -0.15) is 0 Å². The van der Waals surface area contributed by atoms with E-state index in [4.69, 9.17) is 9.97 Å². The summed E-state index contributed by atoms with van der Waals surface area (Å²) in [6.07, 6.45) is 5.43.